The highest BCUT2D eigenvalue weighted by atomic mass is 16.5. The molecule has 2 atom stereocenters. The van der Waals surface area contributed by atoms with E-state index in [4.69, 9.17) is 4.74 Å². The minimum absolute atomic E-state index is 0.00162. The highest BCUT2D eigenvalue weighted by Gasteiger charge is 2.20. The zero-order valence-electron chi connectivity index (χ0n) is 50.8. The molecule has 2 unspecified atom stereocenters. The number of hydrogen-bond acceptors (Lipinski definition) is 5. The fourth-order valence-electron chi connectivity index (χ4n) is 10.7. The quantitative estimate of drug-likeness (QED) is 0.0320. The van der Waals surface area contributed by atoms with Crippen molar-refractivity contribution >= 4 is 11.9 Å². The monoisotopic (exact) mass is 1060 g/mol. The van der Waals surface area contributed by atoms with Crippen LogP contribution < -0.4 is 5.32 Å². The largest absolute Gasteiger partial charge is 0.466 e. The number of aliphatic hydroxyl groups excluding tert-OH is 2. The highest BCUT2D eigenvalue weighted by molar-refractivity contribution is 5.76. The summed E-state index contributed by atoms with van der Waals surface area (Å²) in [5.74, 6) is -0.0390. The number of rotatable bonds is 64. The number of carbonyl (C=O) groups is 2. The van der Waals surface area contributed by atoms with Crippen LogP contribution in [0.3, 0.4) is 0 Å². The van der Waals surface area contributed by atoms with Gasteiger partial charge in [0.05, 0.1) is 25.4 Å². The molecule has 0 bridgehead atoms. The zero-order chi connectivity index (χ0) is 54.3. The third-order valence-electron chi connectivity index (χ3n) is 16.0. The van der Waals surface area contributed by atoms with Crippen LogP contribution in [0.2, 0.25) is 0 Å². The van der Waals surface area contributed by atoms with Gasteiger partial charge in [0.1, 0.15) is 0 Å². The first-order valence-corrected chi connectivity index (χ1v) is 34.1. The molecule has 0 aliphatic carbocycles. The smallest absolute Gasteiger partial charge is 0.305 e. The van der Waals surface area contributed by atoms with Gasteiger partial charge in [0.2, 0.25) is 5.91 Å². The molecule has 0 aromatic carbocycles. The van der Waals surface area contributed by atoms with Gasteiger partial charge in [-0.05, 0) is 77.0 Å². The van der Waals surface area contributed by atoms with Gasteiger partial charge in [0, 0.05) is 12.8 Å². The topological polar surface area (TPSA) is 95.9 Å². The first kappa shape index (κ1) is 73.3. The summed E-state index contributed by atoms with van der Waals surface area (Å²) in [6.45, 7) is 4.97. The van der Waals surface area contributed by atoms with Crippen LogP contribution in [0, 0.1) is 0 Å². The molecular formula is C69H133NO5. The van der Waals surface area contributed by atoms with E-state index >= 15 is 0 Å². The fourth-order valence-corrected chi connectivity index (χ4v) is 10.7. The van der Waals surface area contributed by atoms with E-state index in [1.54, 1.807) is 0 Å². The van der Waals surface area contributed by atoms with Crippen LogP contribution in [0.1, 0.15) is 380 Å². The Morgan fingerprint density at radius 2 is 0.627 bits per heavy atom. The van der Waals surface area contributed by atoms with Gasteiger partial charge in [-0.2, -0.15) is 0 Å². The molecule has 0 aliphatic heterocycles. The molecule has 1 amide bonds. The molecule has 0 fully saturated rings. The van der Waals surface area contributed by atoms with Crippen molar-refractivity contribution < 1.29 is 24.5 Å². The minimum Gasteiger partial charge on any atom is -0.466 e. The van der Waals surface area contributed by atoms with Gasteiger partial charge >= 0.3 is 5.97 Å². The van der Waals surface area contributed by atoms with Crippen molar-refractivity contribution in [2.45, 2.75) is 392 Å². The summed E-state index contributed by atoms with van der Waals surface area (Å²) in [4.78, 5) is 24.6. The van der Waals surface area contributed by atoms with Crippen molar-refractivity contribution in [1.82, 2.24) is 5.32 Å². The molecule has 6 nitrogen and oxygen atoms in total. The Morgan fingerprint density at radius 3 is 0.947 bits per heavy atom. The normalized spacial score (nSPS) is 12.6. The zero-order valence-corrected chi connectivity index (χ0v) is 50.8. The van der Waals surface area contributed by atoms with Gasteiger partial charge in [-0.3, -0.25) is 9.59 Å². The van der Waals surface area contributed by atoms with E-state index < -0.39 is 12.1 Å². The molecule has 0 saturated heterocycles. The average Bonchev–Trinajstić information content (AvgIpc) is 3.41. The summed E-state index contributed by atoms with van der Waals surface area (Å²) in [5, 5.41) is 23.4. The standard InChI is InChI=1S/C69H133NO5/c1-3-5-7-9-11-13-15-17-19-21-22-23-24-26-30-33-37-41-45-49-53-57-61-67(72)66(65-71)70-68(73)62-58-54-50-46-42-38-34-31-27-25-28-32-36-40-44-48-52-56-60-64-75-69(74)63-59-55-51-47-43-39-35-29-20-18-16-14-12-10-8-6-4-2/h18,20,25,27,66-67,71-72H,3-17,19,21-24,26,28-65H2,1-2H3,(H,70,73)/b20-18-,27-25-. The lowest BCUT2D eigenvalue weighted by Crippen LogP contribution is -2.45. The van der Waals surface area contributed by atoms with Gasteiger partial charge in [-0.25, -0.2) is 0 Å². The molecule has 444 valence electrons. The third-order valence-corrected chi connectivity index (χ3v) is 16.0. The van der Waals surface area contributed by atoms with Crippen LogP contribution in [0.5, 0.6) is 0 Å². The van der Waals surface area contributed by atoms with Crippen LogP contribution in [-0.4, -0.2) is 47.4 Å². The number of ether oxygens (including phenoxy) is 1. The Hall–Kier alpha value is -1.66. The molecule has 0 aromatic heterocycles. The first-order valence-electron chi connectivity index (χ1n) is 34.1. The van der Waals surface area contributed by atoms with Gasteiger partial charge in [0.25, 0.3) is 0 Å². The van der Waals surface area contributed by atoms with Crippen LogP contribution >= 0.6 is 0 Å². The third kappa shape index (κ3) is 61.4. The summed E-state index contributed by atoms with van der Waals surface area (Å²) in [7, 11) is 0. The molecule has 0 aromatic rings. The Labute approximate surface area is 469 Å². The van der Waals surface area contributed by atoms with E-state index in [0.29, 0.717) is 25.9 Å². The second kappa shape index (κ2) is 64.9. The van der Waals surface area contributed by atoms with Crippen molar-refractivity contribution in [3.8, 4) is 0 Å². The molecule has 0 heterocycles. The lowest BCUT2D eigenvalue weighted by molar-refractivity contribution is -0.143. The van der Waals surface area contributed by atoms with Crippen LogP contribution in [-0.2, 0) is 14.3 Å². The number of esters is 1. The first-order chi connectivity index (χ1) is 37.0. The average molecular weight is 1060 g/mol. The molecule has 0 radical (unpaired) electrons. The Morgan fingerprint density at radius 1 is 0.360 bits per heavy atom. The Balaban J connectivity index is 3.43. The number of aliphatic hydroxyl groups is 2. The van der Waals surface area contributed by atoms with E-state index in [1.807, 2.05) is 0 Å². The maximum atomic E-state index is 12.5. The molecule has 6 heteroatoms. The van der Waals surface area contributed by atoms with E-state index in [2.05, 4.69) is 43.5 Å². The summed E-state index contributed by atoms with van der Waals surface area (Å²) < 4.78 is 5.49. The van der Waals surface area contributed by atoms with Crippen molar-refractivity contribution in [2.75, 3.05) is 13.2 Å². The van der Waals surface area contributed by atoms with E-state index in [1.165, 1.54) is 302 Å². The number of carbonyl (C=O) groups excluding carboxylic acids is 2. The van der Waals surface area contributed by atoms with Crippen molar-refractivity contribution in [1.29, 1.82) is 0 Å². The van der Waals surface area contributed by atoms with Gasteiger partial charge in [-0.15, -0.1) is 0 Å². The number of amides is 1. The maximum absolute atomic E-state index is 12.5. The SMILES string of the molecule is CCCCCCCC/C=C\CCCCCCCCCC(=O)OCCCCCCCCCC/C=C\CCCCCCCCCC(=O)NC(CO)C(O)CCCCCCCCCCCCCCCCCCCCCCCC. The van der Waals surface area contributed by atoms with Gasteiger partial charge in [0.15, 0.2) is 0 Å². The molecule has 3 N–H and O–H groups in total. The number of nitrogens with one attached hydrogen (secondary N) is 1. The number of hydrogen-bond donors (Lipinski definition) is 3. The Bertz CT molecular complexity index is 1170. The van der Waals surface area contributed by atoms with Crippen LogP contribution in [0.4, 0.5) is 0 Å². The van der Waals surface area contributed by atoms with Crippen molar-refractivity contribution in [3.05, 3.63) is 24.3 Å². The highest BCUT2D eigenvalue weighted by Crippen LogP contribution is 2.18. The summed E-state index contributed by atoms with van der Waals surface area (Å²) in [6.07, 6.45) is 80.6. The van der Waals surface area contributed by atoms with E-state index in [9.17, 15) is 19.8 Å². The Kier molecular flexibility index (Phi) is 63.4. The van der Waals surface area contributed by atoms with Crippen molar-refractivity contribution in [2.24, 2.45) is 0 Å². The molecule has 0 spiro atoms. The summed E-state index contributed by atoms with van der Waals surface area (Å²) >= 11 is 0. The molecule has 0 aliphatic rings. The fraction of sp³-hybridized carbons (Fsp3) is 0.913. The van der Waals surface area contributed by atoms with Crippen molar-refractivity contribution in [3.63, 3.8) is 0 Å². The second-order valence-corrected chi connectivity index (χ2v) is 23.5. The van der Waals surface area contributed by atoms with Gasteiger partial charge in [-0.1, -0.05) is 314 Å². The lowest BCUT2D eigenvalue weighted by atomic mass is 10.0. The summed E-state index contributed by atoms with van der Waals surface area (Å²) in [6, 6.07) is -0.550. The maximum Gasteiger partial charge on any atom is 0.305 e. The van der Waals surface area contributed by atoms with E-state index in [-0.39, 0.29) is 18.5 Å². The van der Waals surface area contributed by atoms with E-state index in [0.717, 1.165) is 44.9 Å². The number of allylic oxidation sites excluding steroid dienone is 4. The second-order valence-electron chi connectivity index (χ2n) is 23.5. The van der Waals surface area contributed by atoms with Gasteiger partial charge < -0.3 is 20.3 Å². The predicted octanol–water partition coefficient (Wildman–Crippen LogP) is 21.8. The van der Waals surface area contributed by atoms with Crippen LogP contribution in [0.15, 0.2) is 24.3 Å². The molecule has 0 rings (SSSR count). The molecule has 0 saturated carbocycles. The molecule has 75 heavy (non-hydrogen) atoms. The minimum atomic E-state index is -0.672. The summed E-state index contributed by atoms with van der Waals surface area (Å²) in [5.41, 5.74) is 0. The number of unbranched alkanes of at least 4 members (excludes halogenated alkanes) is 49. The predicted molar refractivity (Wildman–Crippen MR) is 329 cm³/mol. The lowest BCUT2D eigenvalue weighted by Gasteiger charge is -2.22. The van der Waals surface area contributed by atoms with Crippen LogP contribution in [0.25, 0.3) is 0 Å². The molecular weight excluding hydrogens is 923 g/mol.